The molecule has 0 fully saturated rings. The molecule has 1 atom stereocenters. The number of carbonyl (C=O) groups excluding carboxylic acids is 2. The normalized spacial score (nSPS) is 14.9. The lowest BCUT2D eigenvalue weighted by molar-refractivity contribution is -0.139. The number of ether oxygens (including phenoxy) is 3. The molecule has 5 rings (SSSR count). The Morgan fingerprint density at radius 1 is 1.14 bits per heavy atom. The average molecular weight is 621 g/mol. The smallest absolute Gasteiger partial charge is 0.339 e. The lowest BCUT2D eigenvalue weighted by Gasteiger charge is -2.26. The Morgan fingerprint density at radius 2 is 1.91 bits per heavy atom. The topological polar surface area (TPSA) is 109 Å². The third-order valence-electron chi connectivity index (χ3n) is 6.65. The van der Waals surface area contributed by atoms with Crippen molar-refractivity contribution in [2.75, 3.05) is 13.7 Å². The molecule has 222 valence electrons. The van der Waals surface area contributed by atoms with Gasteiger partial charge in [-0.2, -0.15) is 0 Å². The molecule has 3 heterocycles. The van der Waals surface area contributed by atoms with Crippen LogP contribution in [-0.4, -0.2) is 36.3 Å². The molecule has 0 unspecified atom stereocenters. The van der Waals surface area contributed by atoms with Crippen LogP contribution in [0.5, 0.6) is 5.75 Å². The van der Waals surface area contributed by atoms with E-state index < -0.39 is 18.0 Å². The van der Waals surface area contributed by atoms with Crippen LogP contribution < -0.4 is 19.6 Å². The minimum atomic E-state index is -0.814. The van der Waals surface area contributed by atoms with E-state index in [1.807, 2.05) is 38.1 Å². The van der Waals surface area contributed by atoms with Gasteiger partial charge in [0.15, 0.2) is 4.80 Å². The predicted octanol–water partition coefficient (Wildman–Crippen LogP) is 5.29. The summed E-state index contributed by atoms with van der Waals surface area (Å²) in [5, 5.41) is 0.260. The predicted molar refractivity (Wildman–Crippen MR) is 163 cm³/mol. The van der Waals surface area contributed by atoms with Gasteiger partial charge in [-0.25, -0.2) is 14.6 Å². The zero-order valence-corrected chi connectivity index (χ0v) is 25.7. The molecule has 11 heteroatoms. The summed E-state index contributed by atoms with van der Waals surface area (Å²) in [5.41, 5.74) is 1.85. The van der Waals surface area contributed by atoms with Crippen molar-refractivity contribution in [3.05, 3.63) is 107 Å². The number of rotatable bonds is 8. The summed E-state index contributed by atoms with van der Waals surface area (Å²) in [5.74, 6) is 0.327. The van der Waals surface area contributed by atoms with Gasteiger partial charge < -0.3 is 18.6 Å². The molecule has 0 spiro atoms. The quantitative estimate of drug-likeness (QED) is 0.246. The summed E-state index contributed by atoms with van der Waals surface area (Å²) in [7, 11) is 1.28. The molecule has 0 N–H and O–H groups in total. The highest BCUT2D eigenvalue weighted by molar-refractivity contribution is 7.07. The maximum atomic E-state index is 14.0. The molecule has 0 bridgehead atoms. The molecule has 0 amide bonds. The van der Waals surface area contributed by atoms with Gasteiger partial charge in [-0.3, -0.25) is 9.36 Å². The number of methoxy groups -OCH3 is 1. The van der Waals surface area contributed by atoms with Crippen LogP contribution in [0.1, 0.15) is 55.4 Å². The lowest BCUT2D eigenvalue weighted by atomic mass is 9.95. The number of para-hydroxylation sites is 1. The Morgan fingerprint density at radius 3 is 2.63 bits per heavy atom. The van der Waals surface area contributed by atoms with Crippen LogP contribution in [0.15, 0.2) is 80.1 Å². The fourth-order valence-corrected chi connectivity index (χ4v) is 6.03. The molecule has 1 aliphatic heterocycles. The summed E-state index contributed by atoms with van der Waals surface area (Å²) >= 11 is 7.35. The van der Waals surface area contributed by atoms with Crippen LogP contribution in [0.2, 0.25) is 5.02 Å². The molecule has 2 aromatic carbocycles. The summed E-state index contributed by atoms with van der Waals surface area (Å²) in [4.78, 5) is 44.4. The van der Waals surface area contributed by atoms with Gasteiger partial charge in [-0.05, 0) is 64.1 Å². The number of thiazole rings is 1. The first-order valence-electron chi connectivity index (χ1n) is 13.6. The summed E-state index contributed by atoms with van der Waals surface area (Å²) in [6.45, 7) is 7.45. The Bertz CT molecular complexity index is 1930. The number of fused-ring (bicyclic) bond motifs is 1. The zero-order chi connectivity index (χ0) is 30.8. The first-order valence-corrected chi connectivity index (χ1v) is 14.8. The van der Waals surface area contributed by atoms with Crippen LogP contribution in [0.4, 0.5) is 0 Å². The molecule has 0 radical (unpaired) electrons. The molecule has 0 aliphatic carbocycles. The number of aromatic nitrogens is 1. The number of furan rings is 1. The number of nitrogens with zero attached hydrogens (tertiary/aromatic N) is 2. The van der Waals surface area contributed by atoms with Crippen LogP contribution in [0, 0.1) is 0 Å². The minimum absolute atomic E-state index is 0.134. The van der Waals surface area contributed by atoms with Crippen LogP contribution in [0.3, 0.4) is 0 Å². The van der Waals surface area contributed by atoms with Crippen molar-refractivity contribution < 1.29 is 28.2 Å². The molecular weight excluding hydrogens is 592 g/mol. The Kier molecular flexibility index (Phi) is 8.70. The standard InChI is InChI=1S/C32H29ClN2O7S/c1-6-40-31(38)27-18(4)34-32-35(28(27)21-9-7-8-10-25(21)41-17(2)3)29(36)26(43-32)16-20-12-14-24(42-20)19-11-13-23(33)22(15-19)30(37)39-5/h7-17,28H,6H2,1-5H3/b26-16-/t28-/m0/s1. The summed E-state index contributed by atoms with van der Waals surface area (Å²) in [6.07, 6.45) is 1.49. The second-order valence-electron chi connectivity index (χ2n) is 9.89. The van der Waals surface area contributed by atoms with Gasteiger partial charge >= 0.3 is 11.9 Å². The Labute approximate surface area is 256 Å². The van der Waals surface area contributed by atoms with E-state index in [9.17, 15) is 14.4 Å². The van der Waals surface area contributed by atoms with Gasteiger partial charge in [-0.1, -0.05) is 41.1 Å². The molecule has 0 saturated carbocycles. The van der Waals surface area contributed by atoms with Gasteiger partial charge in [-0.15, -0.1) is 0 Å². The highest BCUT2D eigenvalue weighted by Crippen LogP contribution is 2.36. The van der Waals surface area contributed by atoms with Gasteiger partial charge in [0.25, 0.3) is 5.56 Å². The van der Waals surface area contributed by atoms with E-state index in [0.717, 1.165) is 0 Å². The zero-order valence-electron chi connectivity index (χ0n) is 24.2. The number of hydrogen-bond donors (Lipinski definition) is 0. The number of allylic oxidation sites excluding steroid dienone is 1. The number of hydrogen-bond acceptors (Lipinski definition) is 9. The number of benzene rings is 2. The Balaban J connectivity index is 1.63. The second kappa shape index (κ2) is 12.4. The number of esters is 2. The largest absolute Gasteiger partial charge is 0.491 e. The molecule has 0 saturated heterocycles. The first kappa shape index (κ1) is 30.1. The van der Waals surface area contributed by atoms with Crippen molar-refractivity contribution in [3.63, 3.8) is 0 Å². The molecule has 4 aromatic rings. The SMILES string of the molecule is CCOC(=O)C1=C(C)N=c2s/c(=C\c3ccc(-c4ccc(Cl)c(C(=O)OC)c4)o3)c(=O)n2[C@H]1c1ccccc1OC(C)C. The van der Waals surface area contributed by atoms with E-state index in [-0.39, 0.29) is 34.4 Å². The monoisotopic (exact) mass is 620 g/mol. The number of carbonyl (C=O) groups is 2. The first-order chi connectivity index (χ1) is 20.6. The second-order valence-corrected chi connectivity index (χ2v) is 11.3. The highest BCUT2D eigenvalue weighted by atomic mass is 35.5. The van der Waals surface area contributed by atoms with Crippen molar-refractivity contribution in [2.45, 2.75) is 39.8 Å². The highest BCUT2D eigenvalue weighted by Gasteiger charge is 2.35. The summed E-state index contributed by atoms with van der Waals surface area (Å²) < 4.78 is 24.2. The van der Waals surface area contributed by atoms with E-state index in [1.54, 1.807) is 50.3 Å². The Hall–Kier alpha value is -4.41. The van der Waals surface area contributed by atoms with Gasteiger partial charge in [0.2, 0.25) is 0 Å². The van der Waals surface area contributed by atoms with Crippen molar-refractivity contribution in [3.8, 4) is 17.1 Å². The van der Waals surface area contributed by atoms with Crippen LogP contribution >= 0.6 is 22.9 Å². The van der Waals surface area contributed by atoms with E-state index in [4.69, 9.17) is 30.2 Å². The fourth-order valence-electron chi connectivity index (χ4n) is 4.81. The maximum absolute atomic E-state index is 14.0. The van der Waals surface area contributed by atoms with Gasteiger partial charge in [0.1, 0.15) is 23.3 Å². The molecular formula is C32H29ClN2O7S. The number of halogens is 1. The summed E-state index contributed by atoms with van der Waals surface area (Å²) in [6, 6.07) is 14.9. The van der Waals surface area contributed by atoms with E-state index in [1.165, 1.54) is 23.0 Å². The van der Waals surface area contributed by atoms with Crippen molar-refractivity contribution >= 4 is 41.0 Å². The van der Waals surface area contributed by atoms with Gasteiger partial charge in [0.05, 0.1) is 46.2 Å². The van der Waals surface area contributed by atoms with Crippen LogP contribution in [-0.2, 0) is 14.3 Å². The average Bonchev–Trinajstić information content (AvgIpc) is 3.56. The third-order valence-corrected chi connectivity index (χ3v) is 7.96. The lowest BCUT2D eigenvalue weighted by Crippen LogP contribution is -2.40. The van der Waals surface area contributed by atoms with E-state index in [0.29, 0.717) is 43.4 Å². The maximum Gasteiger partial charge on any atom is 0.339 e. The molecule has 43 heavy (non-hydrogen) atoms. The van der Waals surface area contributed by atoms with Crippen molar-refractivity contribution in [1.29, 1.82) is 0 Å². The van der Waals surface area contributed by atoms with E-state index in [2.05, 4.69) is 4.99 Å². The van der Waals surface area contributed by atoms with Crippen LogP contribution in [0.25, 0.3) is 17.4 Å². The molecule has 9 nitrogen and oxygen atoms in total. The van der Waals surface area contributed by atoms with Crippen molar-refractivity contribution in [1.82, 2.24) is 4.57 Å². The van der Waals surface area contributed by atoms with Gasteiger partial charge in [0, 0.05) is 17.2 Å². The molecule has 2 aromatic heterocycles. The molecule has 1 aliphatic rings. The van der Waals surface area contributed by atoms with E-state index >= 15 is 0 Å². The van der Waals surface area contributed by atoms with Crippen molar-refractivity contribution in [2.24, 2.45) is 4.99 Å². The third kappa shape index (κ3) is 5.93. The fraction of sp³-hybridized carbons (Fsp3) is 0.250. The minimum Gasteiger partial charge on any atom is -0.491 e.